The molecule has 1 heterocycles. The fraction of sp³-hybridized carbons (Fsp3) is 0.769. The molecule has 2 rings (SSSR count). The Morgan fingerprint density at radius 1 is 1.38 bits per heavy atom. The number of nitrogens with one attached hydrogen (secondary N) is 2. The second kappa shape index (κ2) is 5.00. The molecule has 0 unspecified atom stereocenters. The lowest BCUT2D eigenvalue weighted by Gasteiger charge is -2.03. The van der Waals surface area contributed by atoms with Crippen LogP contribution in [0.4, 0.5) is 0 Å². The third-order valence-corrected chi connectivity index (χ3v) is 3.47. The number of aromatic amines is 1. The highest BCUT2D eigenvalue weighted by atomic mass is 15.0. The van der Waals surface area contributed by atoms with E-state index < -0.39 is 0 Å². The van der Waals surface area contributed by atoms with Gasteiger partial charge in [0.05, 0.1) is 11.4 Å². The Kier molecular flexibility index (Phi) is 3.64. The summed E-state index contributed by atoms with van der Waals surface area (Å²) in [5, 5.41) is 3.21. The first-order chi connectivity index (χ1) is 7.72. The first-order valence-electron chi connectivity index (χ1n) is 6.45. The maximum Gasteiger partial charge on any atom is 0.109 e. The predicted molar refractivity (Wildman–Crippen MR) is 66.6 cm³/mol. The highest BCUT2D eigenvalue weighted by Crippen LogP contribution is 2.33. The summed E-state index contributed by atoms with van der Waals surface area (Å²) >= 11 is 0. The number of aromatic nitrogens is 2. The van der Waals surface area contributed by atoms with Gasteiger partial charge in [0, 0.05) is 12.5 Å². The minimum Gasteiger partial charge on any atom is -0.344 e. The van der Waals surface area contributed by atoms with Crippen molar-refractivity contribution in [2.75, 3.05) is 7.05 Å². The molecule has 2 N–H and O–H groups in total. The van der Waals surface area contributed by atoms with Crippen LogP contribution < -0.4 is 5.32 Å². The first kappa shape index (κ1) is 11.6. The summed E-state index contributed by atoms with van der Waals surface area (Å²) in [6.45, 7) is 5.33. The average molecular weight is 221 g/mol. The van der Waals surface area contributed by atoms with Crippen molar-refractivity contribution in [1.82, 2.24) is 15.3 Å². The minimum absolute atomic E-state index is 0.509. The molecule has 3 nitrogen and oxygen atoms in total. The van der Waals surface area contributed by atoms with Gasteiger partial charge in [0.15, 0.2) is 0 Å². The summed E-state index contributed by atoms with van der Waals surface area (Å²) in [6, 6.07) is 0. The van der Waals surface area contributed by atoms with Crippen molar-refractivity contribution >= 4 is 0 Å². The van der Waals surface area contributed by atoms with E-state index >= 15 is 0 Å². The van der Waals surface area contributed by atoms with Crippen LogP contribution in [0, 0.1) is 0 Å². The number of hydrogen-bond acceptors (Lipinski definition) is 2. The van der Waals surface area contributed by atoms with Gasteiger partial charge in [-0.2, -0.15) is 0 Å². The molecule has 3 heteroatoms. The molecule has 1 aliphatic rings. The van der Waals surface area contributed by atoms with Gasteiger partial charge in [-0.3, -0.25) is 0 Å². The molecule has 0 bridgehead atoms. The molecule has 0 aliphatic heterocycles. The Balaban J connectivity index is 2.22. The molecule has 1 fully saturated rings. The predicted octanol–water partition coefficient (Wildman–Crippen LogP) is 2.91. The highest BCUT2D eigenvalue weighted by molar-refractivity contribution is 5.20. The topological polar surface area (TPSA) is 40.7 Å². The van der Waals surface area contributed by atoms with Crippen molar-refractivity contribution < 1.29 is 0 Å². The molecule has 0 radical (unpaired) electrons. The van der Waals surface area contributed by atoms with Crippen molar-refractivity contribution in [2.24, 2.45) is 0 Å². The summed E-state index contributed by atoms with van der Waals surface area (Å²) in [6.07, 6.45) is 5.35. The lowest BCUT2D eigenvalue weighted by molar-refractivity contribution is 0.671. The number of hydrogen-bond donors (Lipinski definition) is 2. The normalized spacial score (nSPS) is 17.5. The van der Waals surface area contributed by atoms with Crippen LogP contribution in [0.1, 0.15) is 68.6 Å². The van der Waals surface area contributed by atoms with Crippen molar-refractivity contribution in [2.45, 2.75) is 57.9 Å². The molecular formula is C13H23N3. The van der Waals surface area contributed by atoms with Gasteiger partial charge in [0.2, 0.25) is 0 Å². The van der Waals surface area contributed by atoms with Gasteiger partial charge >= 0.3 is 0 Å². The Labute approximate surface area is 98.1 Å². The van der Waals surface area contributed by atoms with Gasteiger partial charge in [0.1, 0.15) is 5.82 Å². The Bertz CT molecular complexity index is 335. The molecule has 1 aromatic rings. The van der Waals surface area contributed by atoms with E-state index in [9.17, 15) is 0 Å². The SMILES string of the molecule is CNCc1[nH]c(C2CCCC2)nc1C(C)C. The zero-order valence-corrected chi connectivity index (χ0v) is 10.6. The van der Waals surface area contributed by atoms with Crippen LogP contribution in [0.5, 0.6) is 0 Å². The summed E-state index contributed by atoms with van der Waals surface area (Å²) in [5.74, 6) is 2.42. The molecule has 0 aromatic carbocycles. The monoisotopic (exact) mass is 221 g/mol. The van der Waals surface area contributed by atoms with Crippen LogP contribution in [-0.2, 0) is 6.54 Å². The third kappa shape index (κ3) is 2.29. The van der Waals surface area contributed by atoms with E-state index in [4.69, 9.17) is 4.98 Å². The van der Waals surface area contributed by atoms with Crippen molar-refractivity contribution in [3.63, 3.8) is 0 Å². The van der Waals surface area contributed by atoms with Crippen LogP contribution in [0.25, 0.3) is 0 Å². The molecule has 1 aliphatic carbocycles. The van der Waals surface area contributed by atoms with E-state index in [1.807, 2.05) is 7.05 Å². The van der Waals surface area contributed by atoms with Crippen molar-refractivity contribution in [3.05, 3.63) is 17.2 Å². The van der Waals surface area contributed by atoms with Gasteiger partial charge < -0.3 is 10.3 Å². The van der Waals surface area contributed by atoms with Crippen LogP contribution in [-0.4, -0.2) is 17.0 Å². The molecule has 0 atom stereocenters. The fourth-order valence-corrected chi connectivity index (χ4v) is 2.63. The maximum absolute atomic E-state index is 4.81. The van der Waals surface area contributed by atoms with Gasteiger partial charge in [-0.25, -0.2) is 4.98 Å². The summed E-state index contributed by atoms with van der Waals surface area (Å²) in [4.78, 5) is 8.35. The summed E-state index contributed by atoms with van der Waals surface area (Å²) in [5.41, 5.74) is 2.52. The second-order valence-electron chi connectivity index (χ2n) is 5.15. The Morgan fingerprint density at radius 3 is 2.62 bits per heavy atom. The van der Waals surface area contributed by atoms with Crippen LogP contribution in [0.3, 0.4) is 0 Å². The standard InChI is InChI=1S/C13H23N3/c1-9(2)12-11(8-14-3)15-13(16-12)10-6-4-5-7-10/h9-10,14H,4-8H2,1-3H3,(H,15,16). The number of rotatable bonds is 4. The zero-order valence-electron chi connectivity index (χ0n) is 10.6. The maximum atomic E-state index is 4.81. The average Bonchev–Trinajstić information content (AvgIpc) is 2.83. The molecule has 16 heavy (non-hydrogen) atoms. The zero-order chi connectivity index (χ0) is 11.5. The Hall–Kier alpha value is -0.830. The summed E-state index contributed by atoms with van der Waals surface area (Å²) < 4.78 is 0. The van der Waals surface area contributed by atoms with E-state index in [1.165, 1.54) is 42.9 Å². The van der Waals surface area contributed by atoms with Gasteiger partial charge in [-0.05, 0) is 25.8 Å². The van der Waals surface area contributed by atoms with E-state index in [1.54, 1.807) is 0 Å². The molecule has 0 saturated heterocycles. The number of H-pyrrole nitrogens is 1. The van der Waals surface area contributed by atoms with Crippen LogP contribution in [0.2, 0.25) is 0 Å². The van der Waals surface area contributed by atoms with E-state index in [0.29, 0.717) is 11.8 Å². The minimum atomic E-state index is 0.509. The smallest absolute Gasteiger partial charge is 0.109 e. The summed E-state index contributed by atoms with van der Waals surface area (Å²) in [7, 11) is 1.99. The van der Waals surface area contributed by atoms with E-state index in [2.05, 4.69) is 24.1 Å². The third-order valence-electron chi connectivity index (χ3n) is 3.47. The molecule has 1 aromatic heterocycles. The first-order valence-corrected chi connectivity index (χ1v) is 6.45. The molecular weight excluding hydrogens is 198 g/mol. The molecule has 0 spiro atoms. The highest BCUT2D eigenvalue weighted by Gasteiger charge is 2.22. The van der Waals surface area contributed by atoms with Crippen molar-refractivity contribution in [1.29, 1.82) is 0 Å². The fourth-order valence-electron chi connectivity index (χ4n) is 2.63. The van der Waals surface area contributed by atoms with Gasteiger partial charge in [-0.1, -0.05) is 26.7 Å². The van der Waals surface area contributed by atoms with Crippen LogP contribution in [0.15, 0.2) is 0 Å². The lowest BCUT2D eigenvalue weighted by Crippen LogP contribution is -2.08. The quantitative estimate of drug-likeness (QED) is 0.820. The van der Waals surface area contributed by atoms with Gasteiger partial charge in [-0.15, -0.1) is 0 Å². The largest absolute Gasteiger partial charge is 0.344 e. The molecule has 0 amide bonds. The van der Waals surface area contributed by atoms with E-state index in [0.717, 1.165) is 6.54 Å². The van der Waals surface area contributed by atoms with E-state index in [-0.39, 0.29) is 0 Å². The van der Waals surface area contributed by atoms with Gasteiger partial charge in [0.25, 0.3) is 0 Å². The molecule has 90 valence electrons. The molecule has 1 saturated carbocycles. The lowest BCUT2D eigenvalue weighted by atomic mass is 10.1. The van der Waals surface area contributed by atoms with Crippen LogP contribution >= 0.6 is 0 Å². The number of nitrogens with zero attached hydrogens (tertiary/aromatic N) is 1. The van der Waals surface area contributed by atoms with Crippen molar-refractivity contribution in [3.8, 4) is 0 Å². The second-order valence-corrected chi connectivity index (χ2v) is 5.15. The Morgan fingerprint density at radius 2 is 2.06 bits per heavy atom. The number of imidazole rings is 1.